The number of allylic oxidation sites excluding steroid dienone is 2. The van der Waals surface area contributed by atoms with Gasteiger partial charge in [-0.1, -0.05) is 17.7 Å². The second-order valence-corrected chi connectivity index (χ2v) is 5.21. The Hall–Kier alpha value is -1.57. The molecule has 1 saturated heterocycles. The molecule has 18 heavy (non-hydrogen) atoms. The molecule has 0 spiro atoms. The molecule has 1 aliphatic heterocycles. The molecule has 0 saturated carbocycles. The van der Waals surface area contributed by atoms with Crippen molar-refractivity contribution in [2.45, 2.75) is 33.6 Å². The van der Waals surface area contributed by atoms with Crippen LogP contribution in [0.1, 0.15) is 36.5 Å². The molecule has 2 rings (SSSR count). The van der Waals surface area contributed by atoms with Gasteiger partial charge in [-0.3, -0.25) is 0 Å². The van der Waals surface area contributed by atoms with Crippen molar-refractivity contribution < 1.29 is 0 Å². The van der Waals surface area contributed by atoms with Gasteiger partial charge in [-0.25, -0.2) is 0 Å². The van der Waals surface area contributed by atoms with Crippen molar-refractivity contribution in [3.05, 3.63) is 46.7 Å². The third-order valence-electron chi connectivity index (χ3n) is 3.64. The number of likely N-dealkylation sites (tertiary alicyclic amines) is 1. The summed E-state index contributed by atoms with van der Waals surface area (Å²) in [6.07, 6.45) is 4.57. The molecule has 0 bridgehead atoms. The largest absolute Gasteiger partial charge is 0.375 e. The summed E-state index contributed by atoms with van der Waals surface area (Å²) in [5.74, 6) is 0. The Labute approximate surface area is 110 Å². The summed E-state index contributed by atoms with van der Waals surface area (Å²) < 4.78 is 0. The number of rotatable bonds is 3. The standard InChI is InChI=1S/C16H22N2/c1-12-6-7-13(2)15(10-12)16(17)11-14(3)18-8-4-5-9-18/h6-7,10-11,17H,4-5,8-9H2,1-3H3/b14-11+,17-16?. The first-order valence-electron chi connectivity index (χ1n) is 6.67. The summed E-state index contributed by atoms with van der Waals surface area (Å²) in [6.45, 7) is 8.55. The highest BCUT2D eigenvalue weighted by Gasteiger charge is 2.12. The second-order valence-electron chi connectivity index (χ2n) is 5.21. The van der Waals surface area contributed by atoms with Crippen molar-refractivity contribution >= 4 is 5.71 Å². The lowest BCUT2D eigenvalue weighted by Gasteiger charge is -2.18. The van der Waals surface area contributed by atoms with Crippen LogP contribution in [0.25, 0.3) is 0 Å². The summed E-state index contributed by atoms with van der Waals surface area (Å²) in [6, 6.07) is 6.30. The molecule has 1 fully saturated rings. The molecule has 0 radical (unpaired) electrons. The molecule has 0 unspecified atom stereocenters. The average Bonchev–Trinajstić information content (AvgIpc) is 2.85. The average molecular weight is 242 g/mol. The fourth-order valence-electron chi connectivity index (χ4n) is 2.47. The zero-order chi connectivity index (χ0) is 13.1. The van der Waals surface area contributed by atoms with Gasteiger partial charge >= 0.3 is 0 Å². The summed E-state index contributed by atoms with van der Waals surface area (Å²) in [4.78, 5) is 2.37. The zero-order valence-electron chi connectivity index (χ0n) is 11.6. The molecule has 0 atom stereocenters. The van der Waals surface area contributed by atoms with Crippen LogP contribution in [0.15, 0.2) is 30.0 Å². The van der Waals surface area contributed by atoms with Gasteiger partial charge < -0.3 is 10.3 Å². The van der Waals surface area contributed by atoms with Gasteiger partial charge in [0.05, 0.1) is 5.71 Å². The van der Waals surface area contributed by atoms with Crippen LogP contribution in [-0.2, 0) is 0 Å². The van der Waals surface area contributed by atoms with Gasteiger partial charge in [0.2, 0.25) is 0 Å². The number of aryl methyl sites for hydroxylation is 2. The van der Waals surface area contributed by atoms with E-state index in [0.29, 0.717) is 5.71 Å². The van der Waals surface area contributed by atoms with E-state index in [1.54, 1.807) is 0 Å². The third-order valence-corrected chi connectivity index (χ3v) is 3.64. The monoisotopic (exact) mass is 242 g/mol. The maximum absolute atomic E-state index is 8.26. The van der Waals surface area contributed by atoms with E-state index >= 15 is 0 Å². The van der Waals surface area contributed by atoms with E-state index < -0.39 is 0 Å². The van der Waals surface area contributed by atoms with Gasteiger partial charge in [-0.15, -0.1) is 0 Å². The Morgan fingerprint density at radius 2 is 1.89 bits per heavy atom. The molecular weight excluding hydrogens is 220 g/mol. The molecule has 0 aliphatic carbocycles. The lowest BCUT2D eigenvalue weighted by atomic mass is 10.0. The van der Waals surface area contributed by atoms with Crippen LogP contribution < -0.4 is 0 Å². The Bertz CT molecular complexity index is 480. The predicted octanol–water partition coefficient (Wildman–Crippen LogP) is 3.67. The first kappa shape index (κ1) is 12.9. The third kappa shape index (κ3) is 2.81. The van der Waals surface area contributed by atoms with Crippen molar-refractivity contribution in [3.63, 3.8) is 0 Å². The van der Waals surface area contributed by atoms with Gasteiger partial charge in [0.15, 0.2) is 0 Å². The zero-order valence-corrected chi connectivity index (χ0v) is 11.6. The van der Waals surface area contributed by atoms with E-state index in [4.69, 9.17) is 5.41 Å². The van der Waals surface area contributed by atoms with E-state index in [1.807, 2.05) is 6.08 Å². The minimum atomic E-state index is 0.626. The van der Waals surface area contributed by atoms with Gasteiger partial charge in [0, 0.05) is 24.4 Å². The first-order chi connectivity index (χ1) is 8.58. The molecular formula is C16H22N2. The van der Waals surface area contributed by atoms with Gasteiger partial charge in [0.25, 0.3) is 0 Å². The molecule has 1 aliphatic rings. The predicted molar refractivity (Wildman–Crippen MR) is 77.3 cm³/mol. The van der Waals surface area contributed by atoms with Crippen molar-refractivity contribution in [2.75, 3.05) is 13.1 Å². The van der Waals surface area contributed by atoms with Crippen LogP contribution in [0.4, 0.5) is 0 Å². The molecule has 1 N–H and O–H groups in total. The highest BCUT2D eigenvalue weighted by Crippen LogP contribution is 2.17. The summed E-state index contributed by atoms with van der Waals surface area (Å²) in [5.41, 5.74) is 5.29. The minimum Gasteiger partial charge on any atom is -0.375 e. The fraction of sp³-hybridized carbons (Fsp3) is 0.438. The van der Waals surface area contributed by atoms with E-state index in [0.717, 1.165) is 18.7 Å². The van der Waals surface area contributed by atoms with Crippen LogP contribution in [0.5, 0.6) is 0 Å². The highest BCUT2D eigenvalue weighted by atomic mass is 15.1. The number of hydrogen-bond donors (Lipinski definition) is 1. The maximum atomic E-state index is 8.26. The molecule has 1 aromatic rings. The summed E-state index contributed by atoms with van der Waals surface area (Å²) in [5, 5.41) is 8.26. The van der Waals surface area contributed by atoms with E-state index in [1.165, 1.54) is 29.7 Å². The van der Waals surface area contributed by atoms with Gasteiger partial charge in [0.1, 0.15) is 0 Å². The summed E-state index contributed by atoms with van der Waals surface area (Å²) >= 11 is 0. The number of nitrogens with zero attached hydrogens (tertiary/aromatic N) is 1. The Morgan fingerprint density at radius 1 is 1.22 bits per heavy atom. The van der Waals surface area contributed by atoms with Gasteiger partial charge in [-0.05, 0) is 51.3 Å². The topological polar surface area (TPSA) is 27.1 Å². The molecule has 1 aromatic carbocycles. The molecule has 96 valence electrons. The molecule has 0 amide bonds. The Kier molecular flexibility index (Phi) is 3.85. The van der Waals surface area contributed by atoms with Crippen LogP contribution >= 0.6 is 0 Å². The van der Waals surface area contributed by atoms with Crippen molar-refractivity contribution in [2.24, 2.45) is 0 Å². The molecule has 1 heterocycles. The molecule has 2 heteroatoms. The van der Waals surface area contributed by atoms with Crippen LogP contribution in [0.3, 0.4) is 0 Å². The second kappa shape index (κ2) is 5.38. The first-order valence-corrected chi connectivity index (χ1v) is 6.67. The van der Waals surface area contributed by atoms with Crippen LogP contribution in [0, 0.1) is 19.3 Å². The van der Waals surface area contributed by atoms with E-state index in [2.05, 4.69) is 43.9 Å². The summed E-state index contributed by atoms with van der Waals surface area (Å²) in [7, 11) is 0. The minimum absolute atomic E-state index is 0.626. The van der Waals surface area contributed by atoms with Crippen molar-refractivity contribution in [1.82, 2.24) is 4.90 Å². The van der Waals surface area contributed by atoms with Crippen molar-refractivity contribution in [1.29, 1.82) is 5.41 Å². The number of benzene rings is 1. The molecule has 2 nitrogen and oxygen atoms in total. The lowest BCUT2D eigenvalue weighted by Crippen LogP contribution is -2.17. The lowest BCUT2D eigenvalue weighted by molar-refractivity contribution is 0.428. The fourth-order valence-corrected chi connectivity index (χ4v) is 2.47. The molecule has 0 aromatic heterocycles. The van der Waals surface area contributed by atoms with Crippen LogP contribution in [0.2, 0.25) is 0 Å². The Morgan fingerprint density at radius 3 is 2.56 bits per heavy atom. The van der Waals surface area contributed by atoms with E-state index in [9.17, 15) is 0 Å². The Balaban J connectivity index is 2.20. The quantitative estimate of drug-likeness (QED) is 0.804. The van der Waals surface area contributed by atoms with Crippen LogP contribution in [-0.4, -0.2) is 23.7 Å². The SMILES string of the molecule is C/C(=C\C(=N)c1cc(C)ccc1C)N1CCCC1. The number of hydrogen-bond acceptors (Lipinski definition) is 2. The maximum Gasteiger partial charge on any atom is 0.0632 e. The van der Waals surface area contributed by atoms with Crippen molar-refractivity contribution in [3.8, 4) is 0 Å². The van der Waals surface area contributed by atoms with Gasteiger partial charge in [-0.2, -0.15) is 0 Å². The smallest absolute Gasteiger partial charge is 0.0632 e. The highest BCUT2D eigenvalue weighted by molar-refractivity contribution is 6.07. The van der Waals surface area contributed by atoms with E-state index in [-0.39, 0.29) is 0 Å². The number of nitrogens with one attached hydrogen (secondary N) is 1. The normalized spacial score (nSPS) is 16.2.